The second kappa shape index (κ2) is 12.3. The van der Waals surface area contributed by atoms with Crippen LogP contribution in [0.5, 0.6) is 0 Å². The van der Waals surface area contributed by atoms with Gasteiger partial charge in [-0.3, -0.25) is 19.2 Å². The minimum atomic E-state index is -0.134. The van der Waals surface area contributed by atoms with E-state index in [9.17, 15) is 19.2 Å². The molecular weight excluding hydrogens is 542 g/mol. The first-order valence-corrected chi connectivity index (χ1v) is 16.0. The lowest BCUT2D eigenvalue weighted by Crippen LogP contribution is -2.57. The number of carbonyl (C=O) groups is 3. The summed E-state index contributed by atoms with van der Waals surface area (Å²) in [5, 5.41) is 3.32. The van der Waals surface area contributed by atoms with Crippen LogP contribution in [0.4, 0.5) is 0 Å². The van der Waals surface area contributed by atoms with Crippen molar-refractivity contribution in [1.82, 2.24) is 24.6 Å². The maximum absolute atomic E-state index is 13.5. The van der Waals surface area contributed by atoms with Gasteiger partial charge in [-0.15, -0.1) is 0 Å². The van der Waals surface area contributed by atoms with E-state index in [0.717, 1.165) is 81.6 Å². The molecule has 1 aromatic heterocycles. The number of pyridine rings is 1. The van der Waals surface area contributed by atoms with Crippen LogP contribution < -0.4 is 10.9 Å². The molecule has 0 radical (unpaired) electrons. The normalized spacial score (nSPS) is 23.3. The van der Waals surface area contributed by atoms with Gasteiger partial charge in [-0.05, 0) is 56.1 Å². The molecule has 3 atom stereocenters. The first kappa shape index (κ1) is 29.6. The predicted molar refractivity (Wildman–Crippen MR) is 164 cm³/mol. The second-order valence-corrected chi connectivity index (χ2v) is 13.4. The number of nitrogens with zero attached hydrogens (tertiary/aromatic N) is 4. The van der Waals surface area contributed by atoms with Crippen LogP contribution in [0.25, 0.3) is 0 Å². The van der Waals surface area contributed by atoms with Crippen LogP contribution >= 0.6 is 0 Å². The van der Waals surface area contributed by atoms with Gasteiger partial charge in [-0.2, -0.15) is 0 Å². The topological polar surface area (TPSA) is 95.0 Å². The lowest BCUT2D eigenvalue weighted by molar-refractivity contribution is -0.146. The van der Waals surface area contributed by atoms with Crippen molar-refractivity contribution in [2.45, 2.75) is 52.0 Å². The number of benzene rings is 1. The number of hydrogen-bond donors (Lipinski definition) is 1. The van der Waals surface area contributed by atoms with E-state index in [0.29, 0.717) is 30.5 Å². The zero-order valence-electron chi connectivity index (χ0n) is 25.8. The van der Waals surface area contributed by atoms with E-state index in [1.807, 2.05) is 41.8 Å². The summed E-state index contributed by atoms with van der Waals surface area (Å²) in [5.74, 6) is 1.19. The van der Waals surface area contributed by atoms with Crippen molar-refractivity contribution < 1.29 is 14.4 Å². The first-order chi connectivity index (χ1) is 20.7. The lowest BCUT2D eigenvalue weighted by atomic mass is 9.94. The van der Waals surface area contributed by atoms with Crippen LogP contribution in [0.15, 0.2) is 41.2 Å². The van der Waals surface area contributed by atoms with Crippen molar-refractivity contribution in [3.8, 4) is 0 Å². The Morgan fingerprint density at radius 3 is 2.19 bits per heavy atom. The summed E-state index contributed by atoms with van der Waals surface area (Å²) >= 11 is 0. The zero-order chi connectivity index (χ0) is 30.2. The molecule has 1 aromatic carbocycles. The Bertz CT molecular complexity index is 1410. The molecular formula is C34H45N5O4. The van der Waals surface area contributed by atoms with Crippen molar-refractivity contribution in [3.05, 3.63) is 69.1 Å². The summed E-state index contributed by atoms with van der Waals surface area (Å²) in [5.41, 5.74) is 3.13. The molecule has 1 saturated carbocycles. The van der Waals surface area contributed by atoms with Crippen molar-refractivity contribution in [2.24, 2.45) is 30.7 Å². The molecule has 9 heteroatoms. The number of nitrogens with one attached hydrogen (secondary N) is 1. The number of likely N-dealkylation sites (tertiary alicyclic amines) is 3. The van der Waals surface area contributed by atoms with Gasteiger partial charge < -0.3 is 24.6 Å². The van der Waals surface area contributed by atoms with Gasteiger partial charge >= 0.3 is 0 Å². The summed E-state index contributed by atoms with van der Waals surface area (Å²) in [4.78, 5) is 57.9. The van der Waals surface area contributed by atoms with Crippen LogP contribution in [-0.4, -0.2) is 82.8 Å². The zero-order valence-corrected chi connectivity index (χ0v) is 25.8. The van der Waals surface area contributed by atoms with Gasteiger partial charge in [0.05, 0.1) is 17.5 Å². The number of aryl methyl sites for hydroxylation is 1. The number of amides is 3. The van der Waals surface area contributed by atoms with Gasteiger partial charge in [0.1, 0.15) is 0 Å². The maximum atomic E-state index is 13.5. The minimum absolute atomic E-state index is 0.0258. The molecule has 0 bridgehead atoms. The Hall–Kier alpha value is -3.46. The van der Waals surface area contributed by atoms with Gasteiger partial charge in [-0.1, -0.05) is 43.2 Å². The van der Waals surface area contributed by atoms with E-state index in [1.54, 1.807) is 17.7 Å². The van der Waals surface area contributed by atoms with Crippen LogP contribution in [0.1, 0.15) is 65.3 Å². The number of aromatic nitrogens is 1. The average molecular weight is 588 g/mol. The molecule has 1 aliphatic carbocycles. The van der Waals surface area contributed by atoms with E-state index < -0.39 is 0 Å². The molecule has 230 valence electrons. The summed E-state index contributed by atoms with van der Waals surface area (Å²) in [6.45, 7) is 8.98. The molecule has 43 heavy (non-hydrogen) atoms. The number of fused-ring (bicyclic) bond motifs is 1. The molecule has 6 rings (SSSR count). The lowest BCUT2D eigenvalue weighted by Gasteiger charge is -2.40. The molecule has 2 unspecified atom stereocenters. The molecule has 4 fully saturated rings. The number of rotatable bonds is 8. The third-order valence-electron chi connectivity index (χ3n) is 10.5. The monoisotopic (exact) mass is 587 g/mol. The first-order valence-electron chi connectivity index (χ1n) is 16.0. The minimum Gasteiger partial charge on any atom is -0.349 e. The van der Waals surface area contributed by atoms with Crippen molar-refractivity contribution in [3.63, 3.8) is 0 Å². The Balaban J connectivity index is 1.02. The van der Waals surface area contributed by atoms with E-state index in [-0.39, 0.29) is 41.2 Å². The highest BCUT2D eigenvalue weighted by Crippen LogP contribution is 2.34. The van der Waals surface area contributed by atoms with Crippen molar-refractivity contribution in [2.75, 3.05) is 45.8 Å². The summed E-state index contributed by atoms with van der Waals surface area (Å²) < 4.78 is 1.55. The van der Waals surface area contributed by atoms with Gasteiger partial charge in [-0.25, -0.2) is 0 Å². The number of carbonyl (C=O) groups excluding carboxylic acids is 3. The average Bonchev–Trinajstić information content (AvgIpc) is 3.71. The number of hydrogen-bond acceptors (Lipinski definition) is 5. The standard InChI is InChI=1S/C34H45N5O4/c1-22-15-30(40)36(3)23(2)31(22)34(43)39-18-26-16-37(17-27(26)19-39)14-13-29(24-9-5-4-6-10-24)35-32(41)28-20-38(21-28)33(42)25-11-7-8-12-25/h4-6,9-10,15,25-29H,7-8,11-14,16-21H2,1-3H3,(H,35,41)/t26?,27?,29-/m0/s1. The third kappa shape index (κ3) is 6.01. The van der Waals surface area contributed by atoms with Crippen LogP contribution in [0.3, 0.4) is 0 Å². The molecule has 1 N–H and O–H groups in total. The van der Waals surface area contributed by atoms with Gasteiger partial charge in [0, 0.05) is 70.5 Å². The smallest absolute Gasteiger partial charge is 0.255 e. The highest BCUT2D eigenvalue weighted by molar-refractivity contribution is 5.97. The highest BCUT2D eigenvalue weighted by atomic mass is 16.2. The molecule has 0 spiro atoms. The molecule has 9 nitrogen and oxygen atoms in total. The van der Waals surface area contributed by atoms with Crippen LogP contribution in [0, 0.1) is 37.5 Å². The van der Waals surface area contributed by atoms with E-state index >= 15 is 0 Å². The quantitative estimate of drug-likeness (QED) is 0.513. The fourth-order valence-electron chi connectivity index (χ4n) is 7.76. The summed E-state index contributed by atoms with van der Waals surface area (Å²) in [6.07, 6.45) is 5.06. The van der Waals surface area contributed by atoms with E-state index in [4.69, 9.17) is 0 Å². The van der Waals surface area contributed by atoms with Crippen molar-refractivity contribution >= 4 is 17.7 Å². The predicted octanol–water partition coefficient (Wildman–Crippen LogP) is 2.90. The van der Waals surface area contributed by atoms with E-state index in [2.05, 4.69) is 22.3 Å². The molecule has 4 aliphatic rings. The molecule has 2 aromatic rings. The Morgan fingerprint density at radius 2 is 1.53 bits per heavy atom. The highest BCUT2D eigenvalue weighted by Gasteiger charge is 2.43. The van der Waals surface area contributed by atoms with Crippen molar-refractivity contribution in [1.29, 1.82) is 0 Å². The molecule has 3 saturated heterocycles. The maximum Gasteiger partial charge on any atom is 0.255 e. The van der Waals surface area contributed by atoms with Crippen LogP contribution in [0.2, 0.25) is 0 Å². The van der Waals surface area contributed by atoms with Gasteiger partial charge in [0.2, 0.25) is 11.8 Å². The summed E-state index contributed by atoms with van der Waals surface area (Å²) in [6, 6.07) is 11.6. The largest absolute Gasteiger partial charge is 0.349 e. The molecule has 3 aliphatic heterocycles. The molecule has 4 heterocycles. The Morgan fingerprint density at radius 1 is 0.884 bits per heavy atom. The third-order valence-corrected chi connectivity index (χ3v) is 10.5. The SMILES string of the molecule is Cc1cc(=O)n(C)c(C)c1C(=O)N1CC2CN(CC[C@H](NC(=O)C3CN(C(=O)C4CCCC4)C3)c3ccccc3)CC2C1. The summed E-state index contributed by atoms with van der Waals surface area (Å²) in [7, 11) is 1.72. The Labute approximate surface area is 254 Å². The Kier molecular flexibility index (Phi) is 8.45. The fourth-order valence-corrected chi connectivity index (χ4v) is 7.76. The van der Waals surface area contributed by atoms with Gasteiger partial charge in [0.25, 0.3) is 11.5 Å². The van der Waals surface area contributed by atoms with E-state index in [1.165, 1.54) is 0 Å². The van der Waals surface area contributed by atoms with Crippen LogP contribution in [-0.2, 0) is 16.6 Å². The second-order valence-electron chi connectivity index (χ2n) is 13.4. The van der Waals surface area contributed by atoms with Gasteiger partial charge in [0.15, 0.2) is 0 Å². The fraction of sp³-hybridized carbons (Fsp3) is 0.588. The molecule has 3 amide bonds.